The second kappa shape index (κ2) is 10.1. The molecular weight excluding hydrogens is 388 g/mol. The Labute approximate surface area is 169 Å². The summed E-state index contributed by atoms with van der Waals surface area (Å²) in [5.74, 6) is -1.03. The molecule has 166 valence electrons. The van der Waals surface area contributed by atoms with Gasteiger partial charge in [0.2, 0.25) is 0 Å². The van der Waals surface area contributed by atoms with Gasteiger partial charge in [-0.15, -0.1) is 0 Å². The molecule has 0 aromatic carbocycles. The van der Waals surface area contributed by atoms with E-state index >= 15 is 0 Å². The zero-order valence-electron chi connectivity index (χ0n) is 16.5. The van der Waals surface area contributed by atoms with Crippen molar-refractivity contribution in [3.05, 3.63) is 0 Å². The second-order valence-electron chi connectivity index (χ2n) is 7.85. The Bertz CT molecular complexity index is 561. The van der Waals surface area contributed by atoms with Gasteiger partial charge in [0.05, 0.1) is 11.8 Å². The van der Waals surface area contributed by atoms with Gasteiger partial charge < -0.3 is 39.0 Å². The minimum absolute atomic E-state index is 0.132. The van der Waals surface area contributed by atoms with Crippen LogP contribution in [0.25, 0.3) is 0 Å². The Hall–Kier alpha value is -1.30. The van der Waals surface area contributed by atoms with E-state index in [0.29, 0.717) is 0 Å². The summed E-state index contributed by atoms with van der Waals surface area (Å²) in [6, 6.07) is 0. The van der Waals surface area contributed by atoms with Crippen molar-refractivity contribution in [2.24, 2.45) is 11.8 Å². The first-order valence-electron chi connectivity index (χ1n) is 10.1. The van der Waals surface area contributed by atoms with Crippen molar-refractivity contribution in [2.75, 3.05) is 20.7 Å². The SMILES string of the molecule is COC1C(O)C(O)C(OCOC(=O)C2CCC2)C(OCOC(=O)C2CCC2)C1O. The first kappa shape index (κ1) is 22.4. The fourth-order valence-corrected chi connectivity index (χ4v) is 3.70. The van der Waals surface area contributed by atoms with Gasteiger partial charge in [-0.3, -0.25) is 9.59 Å². The van der Waals surface area contributed by atoms with Crippen LogP contribution in [0.1, 0.15) is 38.5 Å². The van der Waals surface area contributed by atoms with Crippen LogP contribution in [0.3, 0.4) is 0 Å². The third kappa shape index (κ3) is 5.07. The molecule has 0 bridgehead atoms. The number of aliphatic hydroxyl groups is 3. The number of aliphatic hydroxyl groups excluding tert-OH is 3. The fourth-order valence-electron chi connectivity index (χ4n) is 3.70. The van der Waals surface area contributed by atoms with E-state index in [1.807, 2.05) is 0 Å². The lowest BCUT2D eigenvalue weighted by Gasteiger charge is -2.44. The van der Waals surface area contributed by atoms with Gasteiger partial charge in [-0.25, -0.2) is 0 Å². The van der Waals surface area contributed by atoms with E-state index in [-0.39, 0.29) is 23.8 Å². The number of hydrogen-bond acceptors (Lipinski definition) is 10. The zero-order chi connectivity index (χ0) is 21.0. The average Bonchev–Trinajstić information content (AvgIpc) is 2.59. The van der Waals surface area contributed by atoms with Crippen molar-refractivity contribution < 1.29 is 48.6 Å². The number of methoxy groups -OCH3 is 1. The monoisotopic (exact) mass is 418 g/mol. The predicted molar refractivity (Wildman–Crippen MR) is 95.2 cm³/mol. The maximum absolute atomic E-state index is 11.8. The molecule has 0 heterocycles. The van der Waals surface area contributed by atoms with Crippen molar-refractivity contribution in [1.82, 2.24) is 0 Å². The van der Waals surface area contributed by atoms with Crippen LogP contribution in [-0.4, -0.2) is 84.6 Å². The molecule has 6 atom stereocenters. The summed E-state index contributed by atoms with van der Waals surface area (Å²) in [6.45, 7) is -0.909. The van der Waals surface area contributed by atoms with Gasteiger partial charge in [0.1, 0.15) is 36.6 Å². The van der Waals surface area contributed by atoms with Crippen LogP contribution >= 0.6 is 0 Å². The van der Waals surface area contributed by atoms with Crippen LogP contribution in [0.15, 0.2) is 0 Å². The average molecular weight is 418 g/mol. The number of hydrogen-bond donors (Lipinski definition) is 3. The van der Waals surface area contributed by atoms with E-state index in [4.69, 9.17) is 23.7 Å². The first-order valence-corrected chi connectivity index (χ1v) is 10.1. The van der Waals surface area contributed by atoms with Crippen LogP contribution < -0.4 is 0 Å². The third-order valence-electron chi connectivity index (χ3n) is 6.09. The quantitative estimate of drug-likeness (QED) is 0.330. The van der Waals surface area contributed by atoms with Crippen molar-refractivity contribution in [2.45, 2.75) is 75.1 Å². The van der Waals surface area contributed by atoms with Crippen molar-refractivity contribution >= 4 is 11.9 Å². The van der Waals surface area contributed by atoms with Crippen LogP contribution in [0.5, 0.6) is 0 Å². The molecule has 3 aliphatic rings. The van der Waals surface area contributed by atoms with Gasteiger partial charge in [0.15, 0.2) is 13.6 Å². The summed E-state index contributed by atoms with van der Waals surface area (Å²) in [5, 5.41) is 31.1. The van der Waals surface area contributed by atoms with Crippen LogP contribution in [0.4, 0.5) is 0 Å². The molecule has 3 N–H and O–H groups in total. The van der Waals surface area contributed by atoms with E-state index < -0.39 is 50.2 Å². The van der Waals surface area contributed by atoms with E-state index in [1.54, 1.807) is 0 Å². The number of esters is 2. The van der Waals surface area contributed by atoms with E-state index in [1.165, 1.54) is 7.11 Å². The zero-order valence-corrected chi connectivity index (χ0v) is 16.5. The molecule has 3 rings (SSSR count). The smallest absolute Gasteiger partial charge is 0.311 e. The first-order chi connectivity index (χ1) is 13.9. The van der Waals surface area contributed by atoms with Crippen LogP contribution in [0.2, 0.25) is 0 Å². The van der Waals surface area contributed by atoms with Crippen molar-refractivity contribution in [3.8, 4) is 0 Å². The lowest BCUT2D eigenvalue weighted by molar-refractivity contribution is -0.275. The van der Waals surface area contributed by atoms with Crippen molar-refractivity contribution in [1.29, 1.82) is 0 Å². The molecule has 10 heteroatoms. The number of ether oxygens (including phenoxy) is 5. The minimum Gasteiger partial charge on any atom is -0.438 e. The number of carbonyl (C=O) groups excluding carboxylic acids is 2. The van der Waals surface area contributed by atoms with E-state index in [2.05, 4.69) is 0 Å². The molecule has 0 aliphatic heterocycles. The summed E-state index contributed by atoms with van der Waals surface area (Å²) in [7, 11) is 1.28. The minimum atomic E-state index is -1.47. The molecular formula is C19H30O10. The summed E-state index contributed by atoms with van der Waals surface area (Å²) in [6.07, 6.45) is -2.74. The fraction of sp³-hybridized carbons (Fsp3) is 0.895. The third-order valence-corrected chi connectivity index (χ3v) is 6.09. The highest BCUT2D eigenvalue weighted by molar-refractivity contribution is 5.73. The summed E-state index contributed by atoms with van der Waals surface area (Å²) < 4.78 is 26.1. The summed E-state index contributed by atoms with van der Waals surface area (Å²) in [5.41, 5.74) is 0. The molecule has 0 radical (unpaired) electrons. The highest BCUT2D eigenvalue weighted by Gasteiger charge is 2.51. The molecule has 0 saturated heterocycles. The largest absolute Gasteiger partial charge is 0.438 e. The predicted octanol–water partition coefficient (Wildman–Crippen LogP) is -0.530. The summed E-state index contributed by atoms with van der Waals surface area (Å²) in [4.78, 5) is 23.7. The Morgan fingerprint density at radius 3 is 1.52 bits per heavy atom. The number of rotatable bonds is 9. The highest BCUT2D eigenvalue weighted by atomic mass is 16.7. The van der Waals surface area contributed by atoms with Crippen LogP contribution in [0, 0.1) is 11.8 Å². The lowest BCUT2D eigenvalue weighted by atomic mass is 9.84. The molecule has 0 amide bonds. The van der Waals surface area contributed by atoms with Gasteiger partial charge in [-0.2, -0.15) is 0 Å². The van der Waals surface area contributed by atoms with E-state index in [9.17, 15) is 24.9 Å². The maximum Gasteiger partial charge on any atom is 0.311 e. The molecule has 3 aliphatic carbocycles. The molecule has 6 unspecified atom stereocenters. The van der Waals surface area contributed by atoms with Gasteiger partial charge >= 0.3 is 11.9 Å². The van der Waals surface area contributed by atoms with E-state index in [0.717, 1.165) is 38.5 Å². The Morgan fingerprint density at radius 1 is 0.724 bits per heavy atom. The van der Waals surface area contributed by atoms with Gasteiger partial charge in [-0.05, 0) is 25.7 Å². The second-order valence-corrected chi connectivity index (χ2v) is 7.85. The molecule has 0 aromatic heterocycles. The van der Waals surface area contributed by atoms with Gasteiger partial charge in [0.25, 0.3) is 0 Å². The van der Waals surface area contributed by atoms with Gasteiger partial charge in [-0.1, -0.05) is 12.8 Å². The molecule has 3 fully saturated rings. The molecule has 0 aromatic rings. The maximum atomic E-state index is 11.8. The Morgan fingerprint density at radius 2 is 1.14 bits per heavy atom. The molecule has 0 spiro atoms. The van der Waals surface area contributed by atoms with Crippen LogP contribution in [-0.2, 0) is 33.3 Å². The molecule has 29 heavy (non-hydrogen) atoms. The lowest BCUT2D eigenvalue weighted by Crippen LogP contribution is -2.65. The summed E-state index contributed by atoms with van der Waals surface area (Å²) >= 11 is 0. The topological polar surface area (TPSA) is 141 Å². The Kier molecular flexibility index (Phi) is 7.83. The normalized spacial score (nSPS) is 35.4. The molecule has 3 saturated carbocycles. The Balaban J connectivity index is 1.55. The number of carbonyl (C=O) groups is 2. The van der Waals surface area contributed by atoms with Gasteiger partial charge in [0, 0.05) is 7.11 Å². The molecule has 10 nitrogen and oxygen atoms in total. The van der Waals surface area contributed by atoms with Crippen molar-refractivity contribution in [3.63, 3.8) is 0 Å². The standard InChI is InChI=1S/C19H30O10/c1-25-15-12(20)13(21)16(26-8-28-18(23)10-4-2-5-10)17(14(15)22)27-9-29-19(24)11-6-3-7-11/h10-17,20-22H,2-9H2,1H3. The highest BCUT2D eigenvalue weighted by Crippen LogP contribution is 2.30.